The molecule has 7 nitrogen and oxygen atoms in total. The summed E-state index contributed by atoms with van der Waals surface area (Å²) in [5, 5.41) is 6.05. The highest BCUT2D eigenvalue weighted by molar-refractivity contribution is 7.16. The zero-order valence-electron chi connectivity index (χ0n) is 15.0. The second-order valence-electron chi connectivity index (χ2n) is 6.03. The van der Waals surface area contributed by atoms with E-state index in [1.54, 1.807) is 12.1 Å². The minimum atomic E-state index is -0.783. The number of ether oxygens (including phenoxy) is 2. The molecule has 2 N–H and O–H groups in total. The highest BCUT2D eigenvalue weighted by atomic mass is 32.1. The van der Waals surface area contributed by atoms with Crippen LogP contribution >= 0.6 is 11.3 Å². The molecule has 0 fully saturated rings. The molecule has 2 amide bonds. The monoisotopic (exact) mass is 395 g/mol. The summed E-state index contributed by atoms with van der Waals surface area (Å²) < 4.78 is 10.7. The van der Waals surface area contributed by atoms with Crippen LogP contribution in [0.1, 0.15) is 21.3 Å². The molecule has 0 saturated carbocycles. The molecule has 1 atom stereocenters. The molecule has 142 valence electrons. The normalized spacial score (nSPS) is 13.0. The van der Waals surface area contributed by atoms with Crippen molar-refractivity contribution in [3.63, 3.8) is 0 Å². The van der Waals surface area contributed by atoms with Crippen molar-refractivity contribution in [1.29, 1.82) is 0 Å². The van der Waals surface area contributed by atoms with E-state index in [9.17, 15) is 9.59 Å². The molecular formula is C20H17N3O4S. The second-order valence-corrected chi connectivity index (χ2v) is 7.06. The first-order valence-electron chi connectivity index (χ1n) is 8.59. The predicted molar refractivity (Wildman–Crippen MR) is 104 cm³/mol. The number of likely N-dealkylation sites (N-methyl/N-ethyl adjacent to an activating group) is 1. The molecule has 3 aromatic rings. The molecule has 4 rings (SSSR count). The molecule has 0 spiro atoms. The third-order valence-electron chi connectivity index (χ3n) is 4.27. The number of nitrogens with zero attached hydrogens (tertiary/aromatic N) is 1. The first kappa shape index (κ1) is 18.0. The third-order valence-corrected chi connectivity index (χ3v) is 5.31. The van der Waals surface area contributed by atoms with Gasteiger partial charge in [0.15, 0.2) is 11.5 Å². The van der Waals surface area contributed by atoms with Crippen molar-refractivity contribution in [3.05, 3.63) is 65.2 Å². The maximum absolute atomic E-state index is 12.7. The van der Waals surface area contributed by atoms with Gasteiger partial charge in [0.2, 0.25) is 12.7 Å². The zero-order chi connectivity index (χ0) is 19.5. The van der Waals surface area contributed by atoms with Crippen LogP contribution in [0.4, 0.5) is 0 Å². The van der Waals surface area contributed by atoms with Gasteiger partial charge in [0.25, 0.3) is 5.91 Å². The summed E-state index contributed by atoms with van der Waals surface area (Å²) in [4.78, 5) is 29.7. The fourth-order valence-electron chi connectivity index (χ4n) is 2.83. The molecule has 0 aliphatic carbocycles. The number of aromatic nitrogens is 1. The highest BCUT2D eigenvalue weighted by Gasteiger charge is 2.23. The summed E-state index contributed by atoms with van der Waals surface area (Å²) in [5.41, 5.74) is 1.54. The first-order chi connectivity index (χ1) is 13.7. The third kappa shape index (κ3) is 3.54. The van der Waals surface area contributed by atoms with Crippen LogP contribution < -0.4 is 20.1 Å². The number of carbonyl (C=O) groups excluding carboxylic acids is 2. The average molecular weight is 395 g/mol. The molecule has 1 aromatic heterocycles. The van der Waals surface area contributed by atoms with E-state index in [1.807, 2.05) is 36.4 Å². The Morgan fingerprint density at radius 3 is 2.68 bits per heavy atom. The lowest BCUT2D eigenvalue weighted by Gasteiger charge is -2.17. The summed E-state index contributed by atoms with van der Waals surface area (Å²) in [7, 11) is 1.54. The molecule has 28 heavy (non-hydrogen) atoms. The number of hydrogen-bond donors (Lipinski definition) is 2. The van der Waals surface area contributed by atoms with E-state index in [4.69, 9.17) is 9.47 Å². The molecule has 8 heteroatoms. The number of rotatable bonds is 5. The molecule has 1 aliphatic rings. The van der Waals surface area contributed by atoms with Crippen molar-refractivity contribution in [2.24, 2.45) is 0 Å². The van der Waals surface area contributed by atoms with Crippen molar-refractivity contribution < 1.29 is 19.1 Å². The standard InChI is InChI=1S/C20H17N3O4S/c1-21-19(25)17(12-5-3-2-4-6-12)23-18(24)16-10-22-20(28-16)13-7-8-14-15(9-13)27-11-26-14/h2-10,17H,11H2,1H3,(H,21,25)(H,23,24)/t17-/m1/s1. The van der Waals surface area contributed by atoms with Crippen LogP contribution in [0.3, 0.4) is 0 Å². The zero-order valence-corrected chi connectivity index (χ0v) is 15.8. The Hall–Kier alpha value is -3.39. The van der Waals surface area contributed by atoms with Gasteiger partial charge >= 0.3 is 0 Å². The van der Waals surface area contributed by atoms with Crippen LogP contribution in [-0.4, -0.2) is 30.6 Å². The van der Waals surface area contributed by atoms with Gasteiger partial charge in [0, 0.05) is 12.6 Å². The van der Waals surface area contributed by atoms with Crippen molar-refractivity contribution in [3.8, 4) is 22.1 Å². The molecule has 0 radical (unpaired) electrons. The van der Waals surface area contributed by atoms with E-state index < -0.39 is 6.04 Å². The molecule has 0 saturated heterocycles. The van der Waals surface area contributed by atoms with Crippen molar-refractivity contribution >= 4 is 23.2 Å². The van der Waals surface area contributed by atoms with Crippen LogP contribution in [0.15, 0.2) is 54.7 Å². The fourth-order valence-corrected chi connectivity index (χ4v) is 3.65. The Balaban J connectivity index is 1.54. The smallest absolute Gasteiger partial charge is 0.263 e. The van der Waals surface area contributed by atoms with Crippen molar-refractivity contribution in [2.75, 3.05) is 13.8 Å². The largest absolute Gasteiger partial charge is 0.454 e. The lowest BCUT2D eigenvalue weighted by atomic mass is 10.1. The molecule has 2 heterocycles. The number of benzene rings is 2. The Morgan fingerprint density at radius 1 is 1.11 bits per heavy atom. The number of amides is 2. The topological polar surface area (TPSA) is 89.6 Å². The Morgan fingerprint density at radius 2 is 1.89 bits per heavy atom. The van der Waals surface area contributed by atoms with E-state index in [0.29, 0.717) is 26.9 Å². The number of hydrogen-bond acceptors (Lipinski definition) is 6. The minimum absolute atomic E-state index is 0.199. The Bertz CT molecular complexity index is 1020. The van der Waals surface area contributed by atoms with Gasteiger partial charge in [-0.3, -0.25) is 9.59 Å². The van der Waals surface area contributed by atoms with Gasteiger partial charge < -0.3 is 20.1 Å². The van der Waals surface area contributed by atoms with E-state index in [0.717, 1.165) is 5.56 Å². The SMILES string of the molecule is CNC(=O)[C@H](NC(=O)c1cnc(-c2ccc3c(c2)OCO3)s1)c1ccccc1. The van der Waals surface area contributed by atoms with Gasteiger partial charge in [0.05, 0.1) is 6.20 Å². The van der Waals surface area contributed by atoms with Crippen LogP contribution in [0.2, 0.25) is 0 Å². The van der Waals surface area contributed by atoms with E-state index in [1.165, 1.54) is 24.6 Å². The lowest BCUT2D eigenvalue weighted by molar-refractivity contribution is -0.122. The van der Waals surface area contributed by atoms with Crippen LogP contribution in [-0.2, 0) is 4.79 Å². The average Bonchev–Trinajstić information content (AvgIpc) is 3.40. The van der Waals surface area contributed by atoms with Crippen molar-refractivity contribution in [2.45, 2.75) is 6.04 Å². The van der Waals surface area contributed by atoms with Crippen molar-refractivity contribution in [1.82, 2.24) is 15.6 Å². The summed E-state index contributed by atoms with van der Waals surface area (Å²) >= 11 is 1.24. The van der Waals surface area contributed by atoms with E-state index >= 15 is 0 Å². The summed E-state index contributed by atoms with van der Waals surface area (Å²) in [6, 6.07) is 13.8. The van der Waals surface area contributed by atoms with E-state index in [-0.39, 0.29) is 18.6 Å². The molecule has 2 aromatic carbocycles. The van der Waals surface area contributed by atoms with Gasteiger partial charge in [-0.05, 0) is 23.8 Å². The second kappa shape index (κ2) is 7.69. The fraction of sp³-hybridized carbons (Fsp3) is 0.150. The number of thiazole rings is 1. The number of nitrogens with one attached hydrogen (secondary N) is 2. The van der Waals surface area contributed by atoms with Crippen LogP contribution in [0.25, 0.3) is 10.6 Å². The minimum Gasteiger partial charge on any atom is -0.454 e. The highest BCUT2D eigenvalue weighted by Crippen LogP contribution is 2.37. The van der Waals surface area contributed by atoms with Gasteiger partial charge in [-0.2, -0.15) is 0 Å². The van der Waals surface area contributed by atoms with Gasteiger partial charge in [-0.25, -0.2) is 4.98 Å². The Kier molecular flexibility index (Phi) is 4.94. The maximum atomic E-state index is 12.7. The molecule has 1 aliphatic heterocycles. The molecule has 0 unspecified atom stereocenters. The summed E-state index contributed by atoms with van der Waals surface area (Å²) in [5.74, 6) is 0.694. The predicted octanol–water partition coefficient (Wildman–Crippen LogP) is 2.76. The Labute approximate surface area is 165 Å². The van der Waals surface area contributed by atoms with Crippen LogP contribution in [0.5, 0.6) is 11.5 Å². The number of carbonyl (C=O) groups is 2. The van der Waals surface area contributed by atoms with Gasteiger partial charge in [-0.1, -0.05) is 30.3 Å². The maximum Gasteiger partial charge on any atom is 0.263 e. The molecular weight excluding hydrogens is 378 g/mol. The van der Waals surface area contributed by atoms with Crippen LogP contribution in [0, 0.1) is 0 Å². The molecule has 0 bridgehead atoms. The van der Waals surface area contributed by atoms with Gasteiger partial charge in [-0.15, -0.1) is 11.3 Å². The summed E-state index contributed by atoms with van der Waals surface area (Å²) in [6.45, 7) is 0.199. The van der Waals surface area contributed by atoms with Gasteiger partial charge in [0.1, 0.15) is 15.9 Å². The first-order valence-corrected chi connectivity index (χ1v) is 9.40. The number of fused-ring (bicyclic) bond motifs is 1. The lowest BCUT2D eigenvalue weighted by Crippen LogP contribution is -2.38. The summed E-state index contributed by atoms with van der Waals surface area (Å²) in [6.07, 6.45) is 1.51. The van der Waals surface area contributed by atoms with E-state index in [2.05, 4.69) is 15.6 Å². The quantitative estimate of drug-likeness (QED) is 0.693.